The summed E-state index contributed by atoms with van der Waals surface area (Å²) in [7, 11) is 0. The van der Waals surface area contributed by atoms with E-state index in [0.29, 0.717) is 28.6 Å². The lowest BCUT2D eigenvalue weighted by Crippen LogP contribution is -2.30. The van der Waals surface area contributed by atoms with Gasteiger partial charge < -0.3 is 4.90 Å². The fraction of sp³-hybridized carbons (Fsp3) is 0.235. The van der Waals surface area contributed by atoms with Gasteiger partial charge in [0.2, 0.25) is 0 Å². The molecule has 0 unspecified atom stereocenters. The van der Waals surface area contributed by atoms with Gasteiger partial charge >= 0.3 is 0 Å². The minimum Gasteiger partial charge on any atom is -0.339 e. The molecular formula is C17H17ClN2O3S. The standard InChI is InChI=1S/C17H17ClN2O3S/c1-3-19(4-2)17(21)15-11-13(20(22)23)7-10-16(15)24-14-8-5-12(18)6-9-14/h5-11H,3-4H2,1-2H3. The van der Waals surface area contributed by atoms with Gasteiger partial charge in [-0.15, -0.1) is 0 Å². The maximum Gasteiger partial charge on any atom is 0.270 e. The van der Waals surface area contributed by atoms with Crippen LogP contribution in [0.3, 0.4) is 0 Å². The summed E-state index contributed by atoms with van der Waals surface area (Å²) in [5.74, 6) is -0.208. The molecule has 0 aromatic heterocycles. The van der Waals surface area contributed by atoms with Gasteiger partial charge in [0.25, 0.3) is 11.6 Å². The third-order valence-corrected chi connectivity index (χ3v) is 4.83. The Morgan fingerprint density at radius 1 is 1.17 bits per heavy atom. The van der Waals surface area contributed by atoms with Gasteiger partial charge in [-0.2, -0.15) is 0 Å². The van der Waals surface area contributed by atoms with Gasteiger partial charge in [0, 0.05) is 40.0 Å². The minimum absolute atomic E-state index is 0.0917. The number of rotatable bonds is 6. The van der Waals surface area contributed by atoms with Crippen LogP contribution in [0.25, 0.3) is 0 Å². The van der Waals surface area contributed by atoms with Gasteiger partial charge in [0.05, 0.1) is 10.5 Å². The van der Waals surface area contributed by atoms with Crippen LogP contribution in [0.15, 0.2) is 52.3 Å². The lowest BCUT2D eigenvalue weighted by atomic mass is 10.1. The molecule has 0 saturated heterocycles. The molecule has 126 valence electrons. The van der Waals surface area contributed by atoms with Crippen LogP contribution >= 0.6 is 23.4 Å². The average molecular weight is 365 g/mol. The van der Waals surface area contributed by atoms with Crippen molar-refractivity contribution in [1.82, 2.24) is 4.90 Å². The fourth-order valence-corrected chi connectivity index (χ4v) is 3.24. The van der Waals surface area contributed by atoms with E-state index in [1.807, 2.05) is 26.0 Å². The van der Waals surface area contributed by atoms with Gasteiger partial charge in [-0.25, -0.2) is 0 Å². The summed E-state index contributed by atoms with van der Waals surface area (Å²) in [5.41, 5.74) is 0.249. The first-order valence-electron chi connectivity index (χ1n) is 7.47. The Morgan fingerprint density at radius 2 is 1.79 bits per heavy atom. The van der Waals surface area contributed by atoms with E-state index in [2.05, 4.69) is 0 Å². The van der Waals surface area contributed by atoms with Gasteiger partial charge in [-0.3, -0.25) is 14.9 Å². The lowest BCUT2D eigenvalue weighted by molar-refractivity contribution is -0.384. The minimum atomic E-state index is -0.490. The van der Waals surface area contributed by atoms with Crippen LogP contribution in [0.1, 0.15) is 24.2 Å². The summed E-state index contributed by atoms with van der Waals surface area (Å²) >= 11 is 7.27. The second-order valence-corrected chi connectivity index (χ2v) is 6.52. The Kier molecular flexibility index (Phi) is 6.23. The van der Waals surface area contributed by atoms with Crippen LogP contribution in [0.4, 0.5) is 5.69 Å². The number of amides is 1. The molecule has 7 heteroatoms. The molecule has 0 saturated carbocycles. The Labute approximate surface area is 149 Å². The van der Waals surface area contributed by atoms with Crippen molar-refractivity contribution in [2.45, 2.75) is 23.6 Å². The topological polar surface area (TPSA) is 63.5 Å². The number of benzene rings is 2. The molecule has 5 nitrogen and oxygen atoms in total. The first-order valence-corrected chi connectivity index (χ1v) is 8.66. The number of nitro benzene ring substituents is 1. The number of carbonyl (C=O) groups excluding carboxylic acids is 1. The predicted octanol–water partition coefficient (Wildman–Crippen LogP) is 4.88. The summed E-state index contributed by atoms with van der Waals surface area (Å²) in [4.78, 5) is 26.5. The van der Waals surface area contributed by atoms with Crippen molar-refractivity contribution in [2.75, 3.05) is 13.1 Å². The number of nitrogens with zero attached hydrogens (tertiary/aromatic N) is 2. The molecule has 0 atom stereocenters. The monoisotopic (exact) mass is 364 g/mol. The largest absolute Gasteiger partial charge is 0.339 e. The van der Waals surface area contributed by atoms with E-state index in [-0.39, 0.29) is 11.6 Å². The normalized spacial score (nSPS) is 10.5. The predicted molar refractivity (Wildman–Crippen MR) is 95.9 cm³/mol. The summed E-state index contributed by atoms with van der Waals surface area (Å²) in [6, 6.07) is 11.6. The van der Waals surface area contributed by atoms with E-state index in [1.54, 1.807) is 23.1 Å². The zero-order chi connectivity index (χ0) is 17.7. The van der Waals surface area contributed by atoms with Crippen molar-refractivity contribution in [3.8, 4) is 0 Å². The highest BCUT2D eigenvalue weighted by Crippen LogP contribution is 2.33. The molecule has 24 heavy (non-hydrogen) atoms. The Bertz CT molecular complexity index is 746. The van der Waals surface area contributed by atoms with Crippen LogP contribution in [0, 0.1) is 10.1 Å². The van der Waals surface area contributed by atoms with Gasteiger partial charge in [0.15, 0.2) is 0 Å². The molecule has 0 heterocycles. The summed E-state index contributed by atoms with van der Waals surface area (Å²) in [6.45, 7) is 4.85. The second kappa shape index (κ2) is 8.17. The maximum atomic E-state index is 12.7. The van der Waals surface area contributed by atoms with Crippen LogP contribution in [-0.4, -0.2) is 28.8 Å². The van der Waals surface area contributed by atoms with Crippen LogP contribution in [-0.2, 0) is 0 Å². The molecule has 2 aromatic carbocycles. The summed E-state index contributed by atoms with van der Waals surface area (Å²) < 4.78 is 0. The summed E-state index contributed by atoms with van der Waals surface area (Å²) in [5, 5.41) is 11.7. The Hall–Kier alpha value is -2.05. The molecular weight excluding hydrogens is 348 g/mol. The van der Waals surface area contributed by atoms with E-state index in [4.69, 9.17) is 11.6 Å². The van der Waals surface area contributed by atoms with Crippen molar-refractivity contribution in [2.24, 2.45) is 0 Å². The number of nitro groups is 1. The van der Waals surface area contributed by atoms with Gasteiger partial charge in [-0.05, 0) is 44.2 Å². The van der Waals surface area contributed by atoms with Crippen molar-refractivity contribution in [3.63, 3.8) is 0 Å². The molecule has 0 aliphatic heterocycles. The molecule has 0 radical (unpaired) electrons. The van der Waals surface area contributed by atoms with Crippen molar-refractivity contribution in [3.05, 3.63) is 63.2 Å². The van der Waals surface area contributed by atoms with E-state index in [0.717, 1.165) is 4.90 Å². The first-order chi connectivity index (χ1) is 11.5. The quantitative estimate of drug-likeness (QED) is 0.541. The maximum absolute atomic E-state index is 12.7. The number of halogens is 1. The molecule has 1 amide bonds. The van der Waals surface area contributed by atoms with E-state index >= 15 is 0 Å². The molecule has 0 N–H and O–H groups in total. The molecule has 0 bridgehead atoms. The third-order valence-electron chi connectivity index (χ3n) is 3.50. The van der Waals surface area contributed by atoms with Gasteiger partial charge in [-0.1, -0.05) is 23.4 Å². The zero-order valence-electron chi connectivity index (χ0n) is 13.4. The van der Waals surface area contributed by atoms with E-state index in [9.17, 15) is 14.9 Å². The summed E-state index contributed by atoms with van der Waals surface area (Å²) in [6.07, 6.45) is 0. The number of carbonyl (C=O) groups is 1. The highest BCUT2D eigenvalue weighted by atomic mass is 35.5. The molecule has 2 rings (SSSR count). The van der Waals surface area contributed by atoms with Crippen molar-refractivity contribution in [1.29, 1.82) is 0 Å². The van der Waals surface area contributed by atoms with Gasteiger partial charge in [0.1, 0.15) is 0 Å². The van der Waals surface area contributed by atoms with E-state index in [1.165, 1.54) is 23.9 Å². The molecule has 0 spiro atoms. The number of hydrogen-bond donors (Lipinski definition) is 0. The molecule has 0 aliphatic rings. The van der Waals surface area contributed by atoms with Crippen LogP contribution < -0.4 is 0 Å². The SMILES string of the molecule is CCN(CC)C(=O)c1cc([N+](=O)[O-])ccc1Sc1ccc(Cl)cc1. The smallest absolute Gasteiger partial charge is 0.270 e. The highest BCUT2D eigenvalue weighted by molar-refractivity contribution is 7.99. The Morgan fingerprint density at radius 3 is 2.33 bits per heavy atom. The molecule has 2 aromatic rings. The Balaban J connectivity index is 2.44. The number of hydrogen-bond acceptors (Lipinski definition) is 4. The van der Waals surface area contributed by atoms with E-state index < -0.39 is 4.92 Å². The van der Waals surface area contributed by atoms with Crippen molar-refractivity contribution >= 4 is 35.0 Å². The average Bonchev–Trinajstić information content (AvgIpc) is 2.58. The fourth-order valence-electron chi connectivity index (χ4n) is 2.20. The van der Waals surface area contributed by atoms with Crippen LogP contribution in [0.2, 0.25) is 5.02 Å². The second-order valence-electron chi connectivity index (χ2n) is 4.97. The van der Waals surface area contributed by atoms with Crippen molar-refractivity contribution < 1.29 is 9.72 Å². The number of non-ortho nitro benzene ring substituents is 1. The molecule has 0 aliphatic carbocycles. The zero-order valence-corrected chi connectivity index (χ0v) is 14.9. The lowest BCUT2D eigenvalue weighted by Gasteiger charge is -2.20. The first kappa shape index (κ1) is 18.3. The molecule has 0 fully saturated rings. The van der Waals surface area contributed by atoms with Crippen LogP contribution in [0.5, 0.6) is 0 Å². The third kappa shape index (κ3) is 4.27. The highest BCUT2D eigenvalue weighted by Gasteiger charge is 2.20.